The Labute approximate surface area is 72.4 Å². The Bertz CT molecular complexity index is 284. The van der Waals surface area contributed by atoms with Crippen molar-refractivity contribution in [2.45, 2.75) is 20.3 Å². The minimum atomic E-state index is 0.116. The molecule has 0 aliphatic carbocycles. The van der Waals surface area contributed by atoms with E-state index in [1.165, 1.54) is 0 Å². The van der Waals surface area contributed by atoms with E-state index in [0.717, 1.165) is 5.56 Å². The number of ketones is 1. The third kappa shape index (κ3) is 1.47. The van der Waals surface area contributed by atoms with Gasteiger partial charge in [0.15, 0.2) is 5.78 Å². The average Bonchev–Trinajstić information content (AvgIpc) is 2.03. The van der Waals surface area contributed by atoms with E-state index in [4.69, 9.17) is 5.73 Å². The summed E-state index contributed by atoms with van der Waals surface area (Å²) in [4.78, 5) is 11.4. The number of hydrogen-bond acceptors (Lipinski definition) is 2. The molecule has 0 aromatic heterocycles. The molecule has 2 nitrogen and oxygen atoms in total. The summed E-state index contributed by atoms with van der Waals surface area (Å²) in [5, 5.41) is 0. The van der Waals surface area contributed by atoms with Gasteiger partial charge in [0.1, 0.15) is 0 Å². The standard InChI is InChI=1S/C10H13NO/c1-3-9(12)10-7(2)5-4-6-8(10)11/h4-6H,3,11H2,1-2H3. The summed E-state index contributed by atoms with van der Waals surface area (Å²) >= 11 is 0. The van der Waals surface area contributed by atoms with E-state index in [9.17, 15) is 4.79 Å². The number of aryl methyl sites for hydroxylation is 1. The molecule has 64 valence electrons. The van der Waals surface area contributed by atoms with Gasteiger partial charge in [-0.15, -0.1) is 0 Å². The Morgan fingerprint density at radius 1 is 1.50 bits per heavy atom. The fourth-order valence-electron chi connectivity index (χ4n) is 1.25. The third-order valence-electron chi connectivity index (χ3n) is 1.90. The number of Topliss-reactive ketones (excluding diaryl/α,β-unsaturated/α-hetero) is 1. The zero-order valence-corrected chi connectivity index (χ0v) is 7.42. The summed E-state index contributed by atoms with van der Waals surface area (Å²) in [5.74, 6) is 0.116. The van der Waals surface area contributed by atoms with Crippen LogP contribution in [0.15, 0.2) is 18.2 Å². The molecule has 0 fully saturated rings. The highest BCUT2D eigenvalue weighted by Crippen LogP contribution is 2.17. The highest BCUT2D eigenvalue weighted by Gasteiger charge is 2.09. The van der Waals surface area contributed by atoms with Crippen molar-refractivity contribution in [3.8, 4) is 0 Å². The van der Waals surface area contributed by atoms with Crippen LogP contribution in [0.2, 0.25) is 0 Å². The second-order valence-corrected chi connectivity index (χ2v) is 2.82. The van der Waals surface area contributed by atoms with Crippen molar-refractivity contribution in [3.63, 3.8) is 0 Å². The summed E-state index contributed by atoms with van der Waals surface area (Å²) < 4.78 is 0. The maximum atomic E-state index is 11.4. The highest BCUT2D eigenvalue weighted by atomic mass is 16.1. The SMILES string of the molecule is CCC(=O)c1c(C)cccc1N. The minimum absolute atomic E-state index is 0.116. The first-order valence-electron chi connectivity index (χ1n) is 4.05. The Kier molecular flexibility index (Phi) is 2.48. The zero-order chi connectivity index (χ0) is 9.14. The second-order valence-electron chi connectivity index (χ2n) is 2.82. The van der Waals surface area contributed by atoms with Crippen molar-refractivity contribution < 1.29 is 4.79 Å². The van der Waals surface area contributed by atoms with Crippen molar-refractivity contribution in [3.05, 3.63) is 29.3 Å². The summed E-state index contributed by atoms with van der Waals surface area (Å²) in [7, 11) is 0. The molecule has 12 heavy (non-hydrogen) atoms. The zero-order valence-electron chi connectivity index (χ0n) is 7.42. The number of carbonyl (C=O) groups excluding carboxylic acids is 1. The maximum absolute atomic E-state index is 11.4. The fraction of sp³-hybridized carbons (Fsp3) is 0.300. The fourth-order valence-corrected chi connectivity index (χ4v) is 1.25. The molecular weight excluding hydrogens is 150 g/mol. The Balaban J connectivity index is 3.21. The Hall–Kier alpha value is -1.31. The Morgan fingerprint density at radius 3 is 2.67 bits per heavy atom. The van der Waals surface area contributed by atoms with Crippen LogP contribution in [-0.4, -0.2) is 5.78 Å². The smallest absolute Gasteiger partial charge is 0.164 e. The summed E-state index contributed by atoms with van der Waals surface area (Å²) in [6, 6.07) is 5.52. The van der Waals surface area contributed by atoms with Crippen LogP contribution in [0.1, 0.15) is 29.3 Å². The number of nitrogens with two attached hydrogens (primary N) is 1. The van der Waals surface area contributed by atoms with E-state index >= 15 is 0 Å². The van der Waals surface area contributed by atoms with Crippen LogP contribution in [-0.2, 0) is 0 Å². The number of nitrogen functional groups attached to an aromatic ring is 1. The predicted octanol–water partition coefficient (Wildman–Crippen LogP) is 2.17. The van der Waals surface area contributed by atoms with E-state index in [-0.39, 0.29) is 5.78 Å². The summed E-state index contributed by atoms with van der Waals surface area (Å²) in [6.45, 7) is 3.74. The predicted molar refractivity (Wildman–Crippen MR) is 50.2 cm³/mol. The molecule has 0 radical (unpaired) electrons. The normalized spacial score (nSPS) is 9.83. The van der Waals surface area contributed by atoms with Crippen molar-refractivity contribution in [1.29, 1.82) is 0 Å². The van der Waals surface area contributed by atoms with Crippen LogP contribution in [0, 0.1) is 6.92 Å². The van der Waals surface area contributed by atoms with Gasteiger partial charge in [0, 0.05) is 17.7 Å². The number of hydrogen-bond donors (Lipinski definition) is 1. The molecule has 0 heterocycles. The molecule has 0 bridgehead atoms. The van der Waals surface area contributed by atoms with Gasteiger partial charge >= 0.3 is 0 Å². The number of benzene rings is 1. The van der Waals surface area contributed by atoms with E-state index < -0.39 is 0 Å². The van der Waals surface area contributed by atoms with Crippen molar-refractivity contribution in [2.24, 2.45) is 0 Å². The van der Waals surface area contributed by atoms with Crippen LogP contribution in [0.4, 0.5) is 5.69 Å². The molecule has 0 unspecified atom stereocenters. The third-order valence-corrected chi connectivity index (χ3v) is 1.90. The lowest BCUT2D eigenvalue weighted by Crippen LogP contribution is -2.04. The molecule has 0 spiro atoms. The van der Waals surface area contributed by atoms with Crippen LogP contribution in [0.5, 0.6) is 0 Å². The number of carbonyl (C=O) groups is 1. The molecule has 0 aliphatic rings. The first kappa shape index (κ1) is 8.78. The minimum Gasteiger partial charge on any atom is -0.398 e. The molecule has 0 saturated carbocycles. The van der Waals surface area contributed by atoms with Crippen LogP contribution >= 0.6 is 0 Å². The van der Waals surface area contributed by atoms with Gasteiger partial charge in [0.05, 0.1) is 0 Å². The van der Waals surface area contributed by atoms with E-state index in [2.05, 4.69) is 0 Å². The molecular formula is C10H13NO. The molecule has 2 N–H and O–H groups in total. The second kappa shape index (κ2) is 3.39. The first-order valence-corrected chi connectivity index (χ1v) is 4.05. The molecule has 2 heteroatoms. The quantitative estimate of drug-likeness (QED) is 0.536. The van der Waals surface area contributed by atoms with E-state index in [0.29, 0.717) is 17.7 Å². The first-order chi connectivity index (χ1) is 5.66. The van der Waals surface area contributed by atoms with Crippen molar-refractivity contribution in [1.82, 2.24) is 0 Å². The average molecular weight is 163 g/mol. The van der Waals surface area contributed by atoms with Crippen molar-refractivity contribution >= 4 is 11.5 Å². The number of anilines is 1. The monoisotopic (exact) mass is 163 g/mol. The molecule has 0 saturated heterocycles. The van der Waals surface area contributed by atoms with E-state index in [1.54, 1.807) is 6.07 Å². The molecule has 1 aromatic carbocycles. The van der Waals surface area contributed by atoms with Crippen LogP contribution in [0.3, 0.4) is 0 Å². The lowest BCUT2D eigenvalue weighted by molar-refractivity contribution is 0.0988. The topological polar surface area (TPSA) is 43.1 Å². The van der Waals surface area contributed by atoms with Gasteiger partial charge in [-0.3, -0.25) is 4.79 Å². The van der Waals surface area contributed by atoms with Gasteiger partial charge < -0.3 is 5.73 Å². The highest BCUT2D eigenvalue weighted by molar-refractivity contribution is 6.01. The van der Waals surface area contributed by atoms with Crippen LogP contribution in [0.25, 0.3) is 0 Å². The lowest BCUT2D eigenvalue weighted by Gasteiger charge is -2.05. The lowest BCUT2D eigenvalue weighted by atomic mass is 10.0. The van der Waals surface area contributed by atoms with Gasteiger partial charge in [0.2, 0.25) is 0 Å². The summed E-state index contributed by atoms with van der Waals surface area (Å²) in [6.07, 6.45) is 0.509. The largest absolute Gasteiger partial charge is 0.398 e. The summed E-state index contributed by atoms with van der Waals surface area (Å²) in [5.41, 5.74) is 7.90. The van der Waals surface area contributed by atoms with Gasteiger partial charge in [-0.25, -0.2) is 0 Å². The molecule has 0 atom stereocenters. The number of rotatable bonds is 2. The molecule has 1 aromatic rings. The van der Waals surface area contributed by atoms with E-state index in [1.807, 2.05) is 26.0 Å². The maximum Gasteiger partial charge on any atom is 0.164 e. The Morgan fingerprint density at radius 2 is 2.17 bits per heavy atom. The van der Waals surface area contributed by atoms with Gasteiger partial charge in [0.25, 0.3) is 0 Å². The van der Waals surface area contributed by atoms with Gasteiger partial charge in [-0.05, 0) is 18.6 Å². The molecule has 0 amide bonds. The molecule has 0 aliphatic heterocycles. The molecule has 1 rings (SSSR count). The van der Waals surface area contributed by atoms with Crippen LogP contribution < -0.4 is 5.73 Å². The van der Waals surface area contributed by atoms with Gasteiger partial charge in [-0.2, -0.15) is 0 Å². The van der Waals surface area contributed by atoms with Crippen molar-refractivity contribution in [2.75, 3.05) is 5.73 Å². The van der Waals surface area contributed by atoms with Gasteiger partial charge in [-0.1, -0.05) is 19.1 Å².